The van der Waals surface area contributed by atoms with Gasteiger partial charge in [-0.1, -0.05) is 38.1 Å². The Kier molecular flexibility index (Phi) is 6.53. The standard InChI is InChI=1S/C25H30N4O4/c1-15(2)17-6-8-18(9-7-17)26-25(32)27-19-13-22-23(30)28-21(24(31)29(22)14-19)12-16-4-10-20(33-3)11-5-16/h4-11,15,19,21-22H,12-14H2,1-3H3,(H,28,30)(H2,26,27,32)/t19-,21-,22-/m0/s1. The van der Waals surface area contributed by atoms with Crippen LogP contribution < -0.4 is 20.7 Å². The van der Waals surface area contributed by atoms with E-state index >= 15 is 0 Å². The Morgan fingerprint density at radius 3 is 2.45 bits per heavy atom. The van der Waals surface area contributed by atoms with Crippen molar-refractivity contribution in [3.63, 3.8) is 0 Å². The lowest BCUT2D eigenvalue weighted by Gasteiger charge is -2.34. The van der Waals surface area contributed by atoms with E-state index in [0.29, 0.717) is 31.0 Å². The molecule has 3 atom stereocenters. The summed E-state index contributed by atoms with van der Waals surface area (Å²) in [6.07, 6.45) is 0.801. The molecule has 4 rings (SSSR count). The molecule has 3 N–H and O–H groups in total. The maximum absolute atomic E-state index is 13.0. The molecule has 0 radical (unpaired) electrons. The first kappa shape index (κ1) is 22.6. The molecule has 174 valence electrons. The fourth-order valence-corrected chi connectivity index (χ4v) is 4.40. The van der Waals surface area contributed by atoms with Gasteiger partial charge in [0.1, 0.15) is 17.8 Å². The number of carbonyl (C=O) groups is 3. The van der Waals surface area contributed by atoms with Gasteiger partial charge in [0.15, 0.2) is 0 Å². The first-order valence-corrected chi connectivity index (χ1v) is 11.3. The summed E-state index contributed by atoms with van der Waals surface area (Å²) in [4.78, 5) is 39.8. The van der Waals surface area contributed by atoms with Crippen molar-refractivity contribution in [3.05, 3.63) is 59.7 Å². The van der Waals surface area contributed by atoms with Crippen molar-refractivity contribution < 1.29 is 19.1 Å². The second-order valence-corrected chi connectivity index (χ2v) is 8.93. The third-order valence-corrected chi connectivity index (χ3v) is 6.27. The van der Waals surface area contributed by atoms with Crippen LogP contribution in [0, 0.1) is 0 Å². The van der Waals surface area contributed by atoms with E-state index in [1.165, 1.54) is 5.56 Å². The second-order valence-electron chi connectivity index (χ2n) is 8.93. The van der Waals surface area contributed by atoms with Crippen molar-refractivity contribution in [1.82, 2.24) is 15.5 Å². The number of nitrogens with zero attached hydrogens (tertiary/aromatic N) is 1. The van der Waals surface area contributed by atoms with E-state index in [2.05, 4.69) is 29.8 Å². The lowest BCUT2D eigenvalue weighted by atomic mass is 10.0. The number of anilines is 1. The summed E-state index contributed by atoms with van der Waals surface area (Å²) in [5.41, 5.74) is 2.83. The smallest absolute Gasteiger partial charge is 0.319 e. The van der Waals surface area contributed by atoms with Crippen molar-refractivity contribution >= 4 is 23.5 Å². The molecule has 2 aromatic rings. The van der Waals surface area contributed by atoms with Gasteiger partial charge in [-0.15, -0.1) is 0 Å². The molecule has 0 unspecified atom stereocenters. The zero-order chi connectivity index (χ0) is 23.5. The van der Waals surface area contributed by atoms with E-state index in [9.17, 15) is 14.4 Å². The van der Waals surface area contributed by atoms with Crippen LogP contribution in [0.4, 0.5) is 10.5 Å². The summed E-state index contributed by atoms with van der Waals surface area (Å²) >= 11 is 0. The van der Waals surface area contributed by atoms with E-state index in [0.717, 1.165) is 11.3 Å². The number of fused-ring (bicyclic) bond motifs is 1. The molecule has 2 aromatic carbocycles. The van der Waals surface area contributed by atoms with E-state index in [1.807, 2.05) is 48.5 Å². The Morgan fingerprint density at radius 2 is 1.82 bits per heavy atom. The first-order valence-electron chi connectivity index (χ1n) is 11.3. The highest BCUT2D eigenvalue weighted by molar-refractivity contribution is 5.98. The van der Waals surface area contributed by atoms with Gasteiger partial charge in [-0.3, -0.25) is 9.59 Å². The predicted molar refractivity (Wildman–Crippen MR) is 125 cm³/mol. The Hall–Kier alpha value is -3.55. The van der Waals surface area contributed by atoms with Crippen molar-refractivity contribution in [1.29, 1.82) is 0 Å². The van der Waals surface area contributed by atoms with Crippen molar-refractivity contribution in [2.45, 2.75) is 50.7 Å². The molecule has 2 heterocycles. The topological polar surface area (TPSA) is 99.8 Å². The number of urea groups is 1. The SMILES string of the molecule is COc1ccc(C[C@@H]2NC(=O)[C@@H]3C[C@H](NC(=O)Nc4ccc(C(C)C)cc4)CN3C2=O)cc1. The molecule has 8 heteroatoms. The summed E-state index contributed by atoms with van der Waals surface area (Å²) in [6.45, 7) is 4.54. The van der Waals surface area contributed by atoms with Crippen LogP contribution in [-0.4, -0.2) is 54.5 Å². The van der Waals surface area contributed by atoms with Crippen LogP contribution in [-0.2, 0) is 16.0 Å². The highest BCUT2D eigenvalue weighted by Gasteiger charge is 2.46. The van der Waals surface area contributed by atoms with Gasteiger partial charge in [-0.25, -0.2) is 4.79 Å². The monoisotopic (exact) mass is 450 g/mol. The Labute approximate surface area is 193 Å². The van der Waals surface area contributed by atoms with Gasteiger partial charge in [0.25, 0.3) is 0 Å². The fraction of sp³-hybridized carbons (Fsp3) is 0.400. The summed E-state index contributed by atoms with van der Waals surface area (Å²) in [6, 6.07) is 13.3. The zero-order valence-corrected chi connectivity index (χ0v) is 19.1. The first-order chi connectivity index (χ1) is 15.8. The number of amides is 4. The van der Waals surface area contributed by atoms with Gasteiger partial charge in [0.2, 0.25) is 11.8 Å². The third kappa shape index (κ3) is 5.10. The largest absolute Gasteiger partial charge is 0.497 e. The summed E-state index contributed by atoms with van der Waals surface area (Å²) in [5, 5.41) is 8.58. The van der Waals surface area contributed by atoms with E-state index in [4.69, 9.17) is 4.74 Å². The lowest BCUT2D eigenvalue weighted by molar-refractivity contribution is -0.147. The van der Waals surface area contributed by atoms with Crippen molar-refractivity contribution in [2.75, 3.05) is 19.0 Å². The van der Waals surface area contributed by atoms with Gasteiger partial charge < -0.3 is 25.6 Å². The van der Waals surface area contributed by atoms with E-state index < -0.39 is 12.1 Å². The number of nitrogens with one attached hydrogen (secondary N) is 3. The van der Waals surface area contributed by atoms with Crippen molar-refractivity contribution in [2.24, 2.45) is 0 Å². The van der Waals surface area contributed by atoms with E-state index in [-0.39, 0.29) is 23.9 Å². The normalized spacial score (nSPS) is 22.1. The maximum atomic E-state index is 13.0. The summed E-state index contributed by atoms with van der Waals surface area (Å²) < 4.78 is 5.17. The highest BCUT2D eigenvalue weighted by atomic mass is 16.5. The van der Waals surface area contributed by atoms with Crippen LogP contribution in [0.5, 0.6) is 5.75 Å². The van der Waals surface area contributed by atoms with Gasteiger partial charge >= 0.3 is 6.03 Å². The van der Waals surface area contributed by atoms with Gasteiger partial charge in [0.05, 0.1) is 13.2 Å². The molecular formula is C25H30N4O4. The van der Waals surface area contributed by atoms with Crippen LogP contribution in [0.1, 0.15) is 37.3 Å². The number of hydrogen-bond acceptors (Lipinski definition) is 4. The Balaban J connectivity index is 1.34. The molecule has 8 nitrogen and oxygen atoms in total. The fourth-order valence-electron chi connectivity index (χ4n) is 4.40. The molecule has 2 saturated heterocycles. The van der Waals surface area contributed by atoms with Crippen LogP contribution >= 0.6 is 0 Å². The van der Waals surface area contributed by atoms with Crippen LogP contribution in [0.2, 0.25) is 0 Å². The summed E-state index contributed by atoms with van der Waals surface area (Å²) in [7, 11) is 1.60. The molecule has 0 aromatic heterocycles. The van der Waals surface area contributed by atoms with Crippen molar-refractivity contribution in [3.8, 4) is 5.75 Å². The minimum atomic E-state index is -0.616. The molecule has 2 fully saturated rings. The minimum absolute atomic E-state index is 0.121. The molecule has 0 saturated carbocycles. The molecule has 0 bridgehead atoms. The average molecular weight is 451 g/mol. The lowest BCUT2D eigenvalue weighted by Crippen LogP contribution is -2.61. The number of piperazine rings is 1. The predicted octanol–water partition coefficient (Wildman–Crippen LogP) is 2.65. The second kappa shape index (κ2) is 9.52. The van der Waals surface area contributed by atoms with Gasteiger partial charge in [-0.2, -0.15) is 0 Å². The molecule has 2 aliphatic heterocycles. The molecule has 0 spiro atoms. The molecule has 2 aliphatic rings. The average Bonchev–Trinajstić information content (AvgIpc) is 3.22. The number of benzene rings is 2. The third-order valence-electron chi connectivity index (χ3n) is 6.27. The van der Waals surface area contributed by atoms with Gasteiger partial charge in [0, 0.05) is 18.7 Å². The maximum Gasteiger partial charge on any atom is 0.319 e. The molecule has 4 amide bonds. The van der Waals surface area contributed by atoms with Gasteiger partial charge in [-0.05, 0) is 47.7 Å². The number of ether oxygens (including phenoxy) is 1. The quantitative estimate of drug-likeness (QED) is 0.630. The molecule has 33 heavy (non-hydrogen) atoms. The van der Waals surface area contributed by atoms with Crippen LogP contribution in [0.15, 0.2) is 48.5 Å². The number of methoxy groups -OCH3 is 1. The minimum Gasteiger partial charge on any atom is -0.497 e. The summed E-state index contributed by atoms with van der Waals surface area (Å²) in [5.74, 6) is 0.855. The highest BCUT2D eigenvalue weighted by Crippen LogP contribution is 2.25. The molecular weight excluding hydrogens is 420 g/mol. The molecule has 0 aliphatic carbocycles. The number of hydrogen-bond donors (Lipinski definition) is 3. The number of carbonyl (C=O) groups excluding carboxylic acids is 3. The number of rotatable bonds is 6. The van der Waals surface area contributed by atoms with Crippen LogP contribution in [0.3, 0.4) is 0 Å². The van der Waals surface area contributed by atoms with E-state index in [1.54, 1.807) is 12.0 Å². The zero-order valence-electron chi connectivity index (χ0n) is 19.1. The van der Waals surface area contributed by atoms with Crippen LogP contribution in [0.25, 0.3) is 0 Å². The Bertz CT molecular complexity index is 1020. The Morgan fingerprint density at radius 1 is 1.12 bits per heavy atom.